The third-order valence-electron chi connectivity index (χ3n) is 4.77. The van der Waals surface area contributed by atoms with Crippen LogP contribution in [0, 0.1) is 0 Å². The van der Waals surface area contributed by atoms with Crippen LogP contribution in [-0.4, -0.2) is 42.6 Å². The number of hydrogen-bond donors (Lipinski definition) is 0. The number of rotatable bonds is 4. The van der Waals surface area contributed by atoms with Gasteiger partial charge in [0.1, 0.15) is 12.4 Å². The van der Waals surface area contributed by atoms with Crippen LogP contribution in [-0.2, 0) is 24.8 Å². The van der Waals surface area contributed by atoms with Gasteiger partial charge in [0, 0.05) is 51.2 Å². The Bertz CT molecular complexity index is 879. The van der Waals surface area contributed by atoms with E-state index in [9.17, 15) is 14.4 Å². The smallest absolute Gasteiger partial charge is 0.331 e. The summed E-state index contributed by atoms with van der Waals surface area (Å²) in [6, 6.07) is 1.51. The number of carbonyl (C=O) groups excluding carboxylic acids is 1. The third-order valence-corrected chi connectivity index (χ3v) is 4.77. The van der Waals surface area contributed by atoms with Crippen molar-refractivity contribution in [3.8, 4) is 0 Å². The van der Waals surface area contributed by atoms with Crippen LogP contribution in [0.3, 0.4) is 0 Å². The molecule has 8 heteroatoms. The van der Waals surface area contributed by atoms with Crippen molar-refractivity contribution in [1.82, 2.24) is 23.6 Å². The van der Waals surface area contributed by atoms with Gasteiger partial charge in [0.2, 0.25) is 5.91 Å². The van der Waals surface area contributed by atoms with E-state index in [1.165, 1.54) is 23.9 Å². The third kappa shape index (κ3) is 3.42. The van der Waals surface area contributed by atoms with Gasteiger partial charge in [0.15, 0.2) is 0 Å². The molecule has 1 unspecified atom stereocenters. The van der Waals surface area contributed by atoms with Gasteiger partial charge in [-0.3, -0.25) is 18.7 Å². The molecule has 0 aromatic carbocycles. The summed E-state index contributed by atoms with van der Waals surface area (Å²) < 4.78 is 4.44. The fourth-order valence-electron chi connectivity index (χ4n) is 3.34. The number of piperidine rings is 1. The first-order valence-electron chi connectivity index (χ1n) is 8.57. The average molecular weight is 345 g/mol. The van der Waals surface area contributed by atoms with Crippen LogP contribution in [0.25, 0.3) is 0 Å². The molecule has 1 aliphatic rings. The van der Waals surface area contributed by atoms with E-state index in [1.54, 1.807) is 11.1 Å². The first-order valence-corrected chi connectivity index (χ1v) is 8.57. The molecule has 1 amide bonds. The lowest BCUT2D eigenvalue weighted by molar-refractivity contribution is -0.133. The lowest BCUT2D eigenvalue weighted by atomic mass is 10.1. The zero-order chi connectivity index (χ0) is 18.0. The molecule has 0 bridgehead atoms. The van der Waals surface area contributed by atoms with Gasteiger partial charge in [-0.25, -0.2) is 9.78 Å². The van der Waals surface area contributed by atoms with Crippen molar-refractivity contribution in [2.45, 2.75) is 38.8 Å². The maximum Gasteiger partial charge on any atom is 0.331 e. The van der Waals surface area contributed by atoms with E-state index in [-0.39, 0.29) is 24.1 Å². The molecule has 3 heterocycles. The lowest BCUT2D eigenvalue weighted by Crippen LogP contribution is -2.45. The largest absolute Gasteiger partial charge is 0.339 e. The minimum atomic E-state index is -0.475. The summed E-state index contributed by atoms with van der Waals surface area (Å²) in [5.74, 6) is 0.914. The summed E-state index contributed by atoms with van der Waals surface area (Å²) in [5, 5.41) is 0. The molecule has 0 radical (unpaired) electrons. The highest BCUT2D eigenvalue weighted by atomic mass is 16.2. The number of imidazole rings is 1. The van der Waals surface area contributed by atoms with E-state index >= 15 is 0 Å². The Morgan fingerprint density at radius 3 is 2.88 bits per heavy atom. The van der Waals surface area contributed by atoms with Crippen molar-refractivity contribution in [3.05, 3.63) is 51.3 Å². The molecule has 25 heavy (non-hydrogen) atoms. The van der Waals surface area contributed by atoms with Crippen LogP contribution in [0.15, 0.2) is 34.2 Å². The minimum absolute atomic E-state index is 0.0514. The molecule has 8 nitrogen and oxygen atoms in total. The van der Waals surface area contributed by atoms with Crippen LogP contribution in [0.1, 0.15) is 31.6 Å². The van der Waals surface area contributed by atoms with Crippen LogP contribution in [0.2, 0.25) is 0 Å². The molecular formula is C17H23N5O3. The summed E-state index contributed by atoms with van der Waals surface area (Å²) in [7, 11) is 1.41. The minimum Gasteiger partial charge on any atom is -0.339 e. The number of amides is 1. The number of carbonyl (C=O) groups is 1. The first kappa shape index (κ1) is 17.2. The average Bonchev–Trinajstić information content (AvgIpc) is 3.11. The van der Waals surface area contributed by atoms with Crippen LogP contribution in [0.4, 0.5) is 0 Å². The molecule has 0 saturated carbocycles. The maximum atomic E-state index is 12.6. The highest BCUT2D eigenvalue weighted by Crippen LogP contribution is 2.23. The van der Waals surface area contributed by atoms with Gasteiger partial charge < -0.3 is 9.47 Å². The number of aryl methyl sites for hydroxylation is 1. The second-order valence-electron chi connectivity index (χ2n) is 6.36. The molecule has 0 aliphatic carbocycles. The molecule has 1 atom stereocenters. The lowest BCUT2D eigenvalue weighted by Gasteiger charge is -2.34. The van der Waals surface area contributed by atoms with Gasteiger partial charge in [-0.1, -0.05) is 6.92 Å². The summed E-state index contributed by atoms with van der Waals surface area (Å²) >= 11 is 0. The first-order chi connectivity index (χ1) is 12.0. The van der Waals surface area contributed by atoms with Gasteiger partial charge in [0.05, 0.1) is 6.04 Å². The van der Waals surface area contributed by atoms with E-state index in [0.717, 1.165) is 29.7 Å². The second kappa shape index (κ2) is 7.08. The Labute approximate surface area is 145 Å². The number of hydrogen-bond acceptors (Lipinski definition) is 4. The Kier molecular flexibility index (Phi) is 4.87. The molecule has 134 valence electrons. The molecular weight excluding hydrogens is 322 g/mol. The Hall–Kier alpha value is -2.64. The van der Waals surface area contributed by atoms with Gasteiger partial charge in [0.25, 0.3) is 5.56 Å². The van der Waals surface area contributed by atoms with E-state index in [0.29, 0.717) is 13.1 Å². The summed E-state index contributed by atoms with van der Waals surface area (Å²) in [6.07, 6.45) is 7.92. The van der Waals surface area contributed by atoms with Crippen molar-refractivity contribution in [2.75, 3.05) is 13.1 Å². The van der Waals surface area contributed by atoms with Crippen molar-refractivity contribution in [1.29, 1.82) is 0 Å². The summed E-state index contributed by atoms with van der Waals surface area (Å²) in [4.78, 5) is 42.3. The monoisotopic (exact) mass is 345 g/mol. The Morgan fingerprint density at radius 2 is 2.12 bits per heavy atom. The predicted octanol–water partition coefficient (Wildman–Crippen LogP) is 0.170. The zero-order valence-corrected chi connectivity index (χ0v) is 14.6. The van der Waals surface area contributed by atoms with Crippen molar-refractivity contribution >= 4 is 5.91 Å². The fraction of sp³-hybridized carbons (Fsp3) is 0.529. The van der Waals surface area contributed by atoms with E-state index < -0.39 is 5.69 Å². The normalized spacial score (nSPS) is 17.7. The molecule has 1 fully saturated rings. The van der Waals surface area contributed by atoms with Crippen LogP contribution < -0.4 is 11.2 Å². The van der Waals surface area contributed by atoms with E-state index in [1.807, 2.05) is 6.20 Å². The van der Waals surface area contributed by atoms with Gasteiger partial charge in [-0.2, -0.15) is 0 Å². The zero-order valence-electron chi connectivity index (χ0n) is 14.6. The number of likely N-dealkylation sites (tertiary alicyclic amines) is 1. The molecule has 2 aromatic rings. The second-order valence-corrected chi connectivity index (χ2v) is 6.36. The fourth-order valence-corrected chi connectivity index (χ4v) is 3.34. The molecule has 3 rings (SSSR count). The van der Waals surface area contributed by atoms with Gasteiger partial charge in [-0.05, 0) is 12.8 Å². The highest BCUT2D eigenvalue weighted by Gasteiger charge is 2.26. The molecule has 2 aromatic heterocycles. The van der Waals surface area contributed by atoms with Gasteiger partial charge >= 0.3 is 5.69 Å². The van der Waals surface area contributed by atoms with Crippen molar-refractivity contribution in [2.24, 2.45) is 7.05 Å². The molecule has 0 N–H and O–H groups in total. The van der Waals surface area contributed by atoms with E-state index in [2.05, 4.69) is 16.5 Å². The number of nitrogens with zero attached hydrogens (tertiary/aromatic N) is 5. The molecule has 0 spiro atoms. The van der Waals surface area contributed by atoms with Gasteiger partial charge in [-0.15, -0.1) is 0 Å². The Balaban J connectivity index is 1.73. The topological polar surface area (TPSA) is 82.1 Å². The SMILES string of the molecule is CCc1nccn1C1CCCN(C(=O)Cn2ccc(=O)n(C)c2=O)C1. The van der Waals surface area contributed by atoms with Crippen molar-refractivity contribution < 1.29 is 4.79 Å². The highest BCUT2D eigenvalue weighted by molar-refractivity contribution is 5.76. The van der Waals surface area contributed by atoms with Crippen LogP contribution >= 0.6 is 0 Å². The standard InChI is InChI=1S/C17H23N5O3/c1-3-14-18-7-10-22(14)13-5-4-8-20(11-13)16(24)12-21-9-6-15(23)19(2)17(21)25/h6-7,9-10,13H,3-5,8,11-12H2,1-2H3. The quantitative estimate of drug-likeness (QED) is 0.791. The van der Waals surface area contributed by atoms with E-state index in [4.69, 9.17) is 0 Å². The molecule has 1 aliphatic heterocycles. The molecule has 1 saturated heterocycles. The summed E-state index contributed by atoms with van der Waals surface area (Å²) in [5.41, 5.74) is -0.851. The predicted molar refractivity (Wildman–Crippen MR) is 92.4 cm³/mol. The number of aromatic nitrogens is 4. The summed E-state index contributed by atoms with van der Waals surface area (Å²) in [6.45, 7) is 3.32. The maximum absolute atomic E-state index is 12.6. The van der Waals surface area contributed by atoms with Crippen LogP contribution in [0.5, 0.6) is 0 Å². The van der Waals surface area contributed by atoms with Crippen molar-refractivity contribution in [3.63, 3.8) is 0 Å². The Morgan fingerprint density at radius 1 is 1.32 bits per heavy atom.